The SMILES string of the molecule is Clc1cccc(Oc2ccc(-c3cs[c]n3)cc2)c1. The van der Waals surface area contributed by atoms with Crippen molar-refractivity contribution < 1.29 is 4.74 Å². The topological polar surface area (TPSA) is 22.1 Å². The van der Waals surface area contributed by atoms with E-state index in [4.69, 9.17) is 16.3 Å². The summed E-state index contributed by atoms with van der Waals surface area (Å²) in [5.41, 5.74) is 4.82. The lowest BCUT2D eigenvalue weighted by molar-refractivity contribution is 0.483. The van der Waals surface area contributed by atoms with Crippen LogP contribution in [0.15, 0.2) is 53.9 Å². The Morgan fingerprint density at radius 3 is 2.58 bits per heavy atom. The first-order valence-corrected chi connectivity index (χ1v) is 6.92. The summed E-state index contributed by atoms with van der Waals surface area (Å²) in [4.78, 5) is 4.15. The highest BCUT2D eigenvalue weighted by molar-refractivity contribution is 7.07. The van der Waals surface area contributed by atoms with E-state index in [1.165, 1.54) is 11.3 Å². The Labute approximate surface area is 120 Å². The summed E-state index contributed by atoms with van der Waals surface area (Å²) in [7, 11) is 0. The van der Waals surface area contributed by atoms with E-state index in [9.17, 15) is 0 Å². The minimum Gasteiger partial charge on any atom is -0.457 e. The summed E-state index contributed by atoms with van der Waals surface area (Å²) >= 11 is 7.37. The molecule has 0 aliphatic heterocycles. The number of halogens is 1. The largest absolute Gasteiger partial charge is 0.457 e. The maximum absolute atomic E-state index is 5.91. The van der Waals surface area contributed by atoms with Gasteiger partial charge in [0.15, 0.2) is 5.51 Å². The summed E-state index contributed by atoms with van der Waals surface area (Å²) in [6.07, 6.45) is 0. The molecule has 1 heterocycles. The summed E-state index contributed by atoms with van der Waals surface area (Å²) in [6.45, 7) is 0. The van der Waals surface area contributed by atoms with E-state index in [1.54, 1.807) is 6.07 Å². The quantitative estimate of drug-likeness (QED) is 0.672. The maximum Gasteiger partial charge on any atom is 0.152 e. The highest BCUT2D eigenvalue weighted by atomic mass is 35.5. The molecular formula is C15H9ClNOS. The van der Waals surface area contributed by atoms with Crippen molar-refractivity contribution in [2.24, 2.45) is 0 Å². The number of hydrogen-bond donors (Lipinski definition) is 0. The van der Waals surface area contributed by atoms with Crippen LogP contribution >= 0.6 is 22.9 Å². The Hall–Kier alpha value is -1.84. The van der Waals surface area contributed by atoms with Gasteiger partial charge in [-0.25, -0.2) is 4.98 Å². The second-order valence-corrected chi connectivity index (χ2v) is 5.00. The molecule has 0 unspecified atom stereocenters. The molecule has 0 amide bonds. The molecule has 1 aromatic heterocycles. The first-order valence-electron chi connectivity index (χ1n) is 5.67. The molecule has 3 aromatic rings. The highest BCUT2D eigenvalue weighted by Gasteiger charge is 2.02. The van der Waals surface area contributed by atoms with Gasteiger partial charge in [-0.15, -0.1) is 11.3 Å². The summed E-state index contributed by atoms with van der Waals surface area (Å²) in [5.74, 6) is 1.49. The van der Waals surface area contributed by atoms with Gasteiger partial charge in [-0.2, -0.15) is 0 Å². The van der Waals surface area contributed by atoms with Crippen molar-refractivity contribution in [2.75, 3.05) is 0 Å². The minimum atomic E-state index is 0.659. The normalized spacial score (nSPS) is 10.4. The van der Waals surface area contributed by atoms with Crippen molar-refractivity contribution in [2.45, 2.75) is 0 Å². The molecule has 93 valence electrons. The molecule has 4 heteroatoms. The van der Waals surface area contributed by atoms with Crippen LogP contribution in [0.5, 0.6) is 11.5 Å². The van der Waals surface area contributed by atoms with Gasteiger partial charge in [0.1, 0.15) is 11.5 Å². The molecule has 2 nitrogen and oxygen atoms in total. The lowest BCUT2D eigenvalue weighted by Gasteiger charge is -2.06. The number of rotatable bonds is 3. The number of ether oxygens (including phenoxy) is 1. The fraction of sp³-hybridized carbons (Fsp3) is 0. The Morgan fingerprint density at radius 2 is 1.89 bits per heavy atom. The average molecular weight is 287 g/mol. The van der Waals surface area contributed by atoms with Gasteiger partial charge in [0, 0.05) is 16.0 Å². The first kappa shape index (κ1) is 12.2. The molecule has 0 aliphatic carbocycles. The van der Waals surface area contributed by atoms with Crippen LogP contribution in [-0.4, -0.2) is 4.98 Å². The van der Waals surface area contributed by atoms with Crippen molar-refractivity contribution in [3.05, 3.63) is 64.4 Å². The second-order valence-electron chi connectivity index (χ2n) is 3.91. The van der Waals surface area contributed by atoms with E-state index < -0.39 is 0 Å². The number of aromatic nitrogens is 1. The predicted molar refractivity (Wildman–Crippen MR) is 77.9 cm³/mol. The van der Waals surface area contributed by atoms with Crippen molar-refractivity contribution >= 4 is 22.9 Å². The van der Waals surface area contributed by atoms with Gasteiger partial charge in [0.25, 0.3) is 0 Å². The first-order chi connectivity index (χ1) is 9.31. The highest BCUT2D eigenvalue weighted by Crippen LogP contribution is 2.26. The molecule has 0 atom stereocenters. The van der Waals surface area contributed by atoms with Crippen molar-refractivity contribution in [1.29, 1.82) is 0 Å². The third kappa shape index (κ3) is 2.95. The van der Waals surface area contributed by atoms with Crippen LogP contribution in [0.4, 0.5) is 0 Å². The summed E-state index contributed by atoms with van der Waals surface area (Å²) in [5, 5.41) is 2.62. The molecule has 0 spiro atoms. The van der Waals surface area contributed by atoms with Gasteiger partial charge in [0.05, 0.1) is 5.69 Å². The molecular weight excluding hydrogens is 278 g/mol. The Balaban J connectivity index is 1.80. The van der Waals surface area contributed by atoms with Gasteiger partial charge >= 0.3 is 0 Å². The van der Waals surface area contributed by atoms with Crippen molar-refractivity contribution in [3.63, 3.8) is 0 Å². The average Bonchev–Trinajstić information content (AvgIpc) is 2.94. The zero-order valence-corrected chi connectivity index (χ0v) is 11.4. The fourth-order valence-electron chi connectivity index (χ4n) is 1.68. The van der Waals surface area contributed by atoms with Gasteiger partial charge in [0.2, 0.25) is 0 Å². The zero-order valence-electron chi connectivity index (χ0n) is 9.84. The van der Waals surface area contributed by atoms with Crippen LogP contribution < -0.4 is 4.74 Å². The Morgan fingerprint density at radius 1 is 1.05 bits per heavy atom. The molecule has 0 fully saturated rings. The van der Waals surface area contributed by atoms with Gasteiger partial charge in [-0.3, -0.25) is 0 Å². The van der Waals surface area contributed by atoms with E-state index in [2.05, 4.69) is 10.5 Å². The molecule has 19 heavy (non-hydrogen) atoms. The van der Waals surface area contributed by atoms with E-state index in [0.29, 0.717) is 5.02 Å². The van der Waals surface area contributed by atoms with Gasteiger partial charge in [-0.05, 0) is 42.5 Å². The predicted octanol–water partition coefficient (Wildman–Crippen LogP) is 5.06. The van der Waals surface area contributed by atoms with Crippen molar-refractivity contribution in [1.82, 2.24) is 4.98 Å². The van der Waals surface area contributed by atoms with Crippen LogP contribution in [-0.2, 0) is 0 Å². The maximum atomic E-state index is 5.91. The van der Waals surface area contributed by atoms with E-state index in [-0.39, 0.29) is 0 Å². The molecule has 0 saturated carbocycles. The molecule has 0 aliphatic rings. The monoisotopic (exact) mass is 286 g/mol. The molecule has 0 bridgehead atoms. The van der Waals surface area contributed by atoms with Crippen LogP contribution in [0.3, 0.4) is 0 Å². The number of hydrogen-bond acceptors (Lipinski definition) is 3. The van der Waals surface area contributed by atoms with E-state index in [1.807, 2.05) is 47.8 Å². The third-order valence-electron chi connectivity index (χ3n) is 2.57. The molecule has 3 rings (SSSR count). The lowest BCUT2D eigenvalue weighted by atomic mass is 10.2. The standard InChI is InChI=1S/C15H9ClNOS/c16-12-2-1-3-14(8-12)18-13-6-4-11(5-7-13)15-9-19-10-17-15/h1-9H. The Bertz CT molecular complexity index is 665. The molecule has 0 N–H and O–H groups in total. The summed E-state index contributed by atoms with van der Waals surface area (Å²) in [6, 6.07) is 15.1. The van der Waals surface area contributed by atoms with Gasteiger partial charge in [-0.1, -0.05) is 17.7 Å². The number of thiazole rings is 1. The Kier molecular flexibility index (Phi) is 3.49. The summed E-state index contributed by atoms with van der Waals surface area (Å²) < 4.78 is 5.72. The van der Waals surface area contributed by atoms with Crippen molar-refractivity contribution in [3.8, 4) is 22.8 Å². The van der Waals surface area contributed by atoms with E-state index in [0.717, 1.165) is 22.8 Å². The molecule has 0 saturated heterocycles. The third-order valence-corrected chi connectivity index (χ3v) is 3.34. The molecule has 1 radical (unpaired) electrons. The molecule has 2 aromatic carbocycles. The number of benzene rings is 2. The van der Waals surface area contributed by atoms with Crippen LogP contribution in [0.1, 0.15) is 0 Å². The fourth-order valence-corrected chi connectivity index (χ4v) is 2.36. The van der Waals surface area contributed by atoms with Crippen LogP contribution in [0.25, 0.3) is 11.3 Å². The lowest BCUT2D eigenvalue weighted by Crippen LogP contribution is -1.84. The van der Waals surface area contributed by atoms with E-state index >= 15 is 0 Å². The zero-order chi connectivity index (χ0) is 13.1. The second kappa shape index (κ2) is 5.43. The smallest absolute Gasteiger partial charge is 0.152 e. The van der Waals surface area contributed by atoms with Crippen LogP contribution in [0, 0.1) is 5.51 Å². The van der Waals surface area contributed by atoms with Gasteiger partial charge < -0.3 is 4.74 Å². The minimum absolute atomic E-state index is 0.659. The number of nitrogens with zero attached hydrogens (tertiary/aromatic N) is 1. The van der Waals surface area contributed by atoms with Crippen LogP contribution in [0.2, 0.25) is 5.02 Å².